The van der Waals surface area contributed by atoms with E-state index in [-0.39, 0.29) is 10.8 Å². The van der Waals surface area contributed by atoms with E-state index in [0.717, 1.165) is 17.1 Å². The van der Waals surface area contributed by atoms with Gasteiger partial charge in [0, 0.05) is 22.5 Å². The quantitative estimate of drug-likeness (QED) is 0.162. The normalized spacial score (nSPS) is 14.1. The van der Waals surface area contributed by atoms with Gasteiger partial charge in [-0.1, -0.05) is 190 Å². The molecule has 0 radical (unpaired) electrons. The molecule has 10 aromatic rings. The van der Waals surface area contributed by atoms with Crippen molar-refractivity contribution in [1.29, 1.82) is 0 Å². The third kappa shape index (κ3) is 5.11. The smallest absolute Gasteiger partial charge is 0.0726 e. The van der Waals surface area contributed by atoms with Crippen LogP contribution < -0.4 is 4.90 Å². The van der Waals surface area contributed by atoms with Gasteiger partial charge in [-0.2, -0.15) is 0 Å². The molecular weight excluding hydrogens is 759 g/mol. The Morgan fingerprint density at radius 2 is 0.762 bits per heavy atom. The van der Waals surface area contributed by atoms with Gasteiger partial charge in [-0.15, -0.1) is 0 Å². The Morgan fingerprint density at radius 1 is 0.286 bits per heavy atom. The van der Waals surface area contributed by atoms with Crippen LogP contribution in [0, 0.1) is 0 Å². The molecule has 296 valence electrons. The first-order valence-corrected chi connectivity index (χ1v) is 22.2. The van der Waals surface area contributed by atoms with Crippen LogP contribution in [-0.2, 0) is 10.8 Å². The largest absolute Gasteiger partial charge is 0.310 e. The van der Waals surface area contributed by atoms with Gasteiger partial charge in [0.1, 0.15) is 0 Å². The molecule has 0 aromatic heterocycles. The Hall–Kier alpha value is -7.74. The van der Waals surface area contributed by atoms with Gasteiger partial charge in [0.15, 0.2) is 0 Å². The van der Waals surface area contributed by atoms with Crippen LogP contribution in [0.15, 0.2) is 224 Å². The predicted octanol–water partition coefficient (Wildman–Crippen LogP) is 16.3. The third-order valence-electron chi connectivity index (χ3n) is 14.4. The van der Waals surface area contributed by atoms with Crippen molar-refractivity contribution in [2.75, 3.05) is 4.90 Å². The lowest BCUT2D eigenvalue weighted by Gasteiger charge is -2.43. The maximum atomic E-state index is 2.49. The van der Waals surface area contributed by atoms with E-state index in [1.165, 1.54) is 99.8 Å². The molecule has 1 nitrogen and oxygen atoms in total. The van der Waals surface area contributed by atoms with Crippen LogP contribution in [0.25, 0.3) is 66.4 Å². The van der Waals surface area contributed by atoms with Crippen LogP contribution in [0.4, 0.5) is 17.1 Å². The summed E-state index contributed by atoms with van der Waals surface area (Å²) in [4.78, 5) is 2.46. The molecule has 0 saturated carbocycles. The van der Waals surface area contributed by atoms with Crippen molar-refractivity contribution in [3.8, 4) is 55.6 Å². The van der Waals surface area contributed by atoms with Gasteiger partial charge in [0.05, 0.1) is 5.41 Å². The fourth-order valence-corrected chi connectivity index (χ4v) is 11.5. The molecule has 0 fully saturated rings. The predicted molar refractivity (Wildman–Crippen MR) is 263 cm³/mol. The van der Waals surface area contributed by atoms with Crippen LogP contribution >= 0.6 is 0 Å². The highest BCUT2D eigenvalue weighted by Crippen LogP contribution is 2.64. The van der Waals surface area contributed by atoms with Crippen molar-refractivity contribution in [1.82, 2.24) is 0 Å². The minimum absolute atomic E-state index is 0.0731. The number of hydrogen-bond donors (Lipinski definition) is 0. The van der Waals surface area contributed by atoms with Crippen LogP contribution in [0.3, 0.4) is 0 Å². The summed E-state index contributed by atoms with van der Waals surface area (Å²) in [5, 5.41) is 2.70. The molecule has 3 aliphatic carbocycles. The first-order chi connectivity index (χ1) is 31.0. The Balaban J connectivity index is 0.967. The maximum absolute atomic E-state index is 2.49. The summed E-state index contributed by atoms with van der Waals surface area (Å²) >= 11 is 0. The van der Waals surface area contributed by atoms with E-state index < -0.39 is 0 Å². The number of fused-ring (bicyclic) bond motifs is 10. The van der Waals surface area contributed by atoms with Crippen LogP contribution in [0.2, 0.25) is 0 Å². The number of nitrogens with zero attached hydrogens (tertiary/aromatic N) is 1. The molecule has 0 bridgehead atoms. The fraction of sp³-hybridized carbons (Fsp3) is 0.0645. The van der Waals surface area contributed by atoms with Crippen molar-refractivity contribution in [3.05, 3.63) is 258 Å². The molecule has 0 N–H and O–H groups in total. The van der Waals surface area contributed by atoms with E-state index in [0.29, 0.717) is 0 Å². The fourth-order valence-electron chi connectivity index (χ4n) is 11.5. The zero-order valence-electron chi connectivity index (χ0n) is 35.3. The molecule has 0 unspecified atom stereocenters. The summed E-state index contributed by atoms with van der Waals surface area (Å²) < 4.78 is 0. The van der Waals surface area contributed by atoms with E-state index in [1.54, 1.807) is 0 Å². The minimum atomic E-state index is -0.325. The molecule has 1 spiro atoms. The second-order valence-corrected chi connectivity index (χ2v) is 18.0. The highest BCUT2D eigenvalue weighted by atomic mass is 15.1. The van der Waals surface area contributed by atoms with Gasteiger partial charge in [-0.05, 0) is 148 Å². The number of hydrogen-bond acceptors (Lipinski definition) is 1. The van der Waals surface area contributed by atoms with Gasteiger partial charge in [-0.25, -0.2) is 0 Å². The lowest BCUT2D eigenvalue weighted by atomic mass is 9.58. The van der Waals surface area contributed by atoms with Crippen molar-refractivity contribution in [2.45, 2.75) is 24.7 Å². The van der Waals surface area contributed by atoms with Gasteiger partial charge in [-0.3, -0.25) is 0 Å². The molecular formula is C62H43N. The Labute approximate surface area is 369 Å². The average Bonchev–Trinajstić information content (AvgIpc) is 3.78. The first-order valence-electron chi connectivity index (χ1n) is 22.2. The Bertz CT molecular complexity index is 3440. The molecule has 0 saturated heterocycles. The summed E-state index contributed by atoms with van der Waals surface area (Å²) in [5.41, 5.74) is 23.9. The van der Waals surface area contributed by atoms with E-state index in [1.807, 2.05) is 0 Å². The second-order valence-electron chi connectivity index (χ2n) is 18.0. The Kier molecular flexibility index (Phi) is 7.64. The zero-order valence-corrected chi connectivity index (χ0v) is 35.3. The monoisotopic (exact) mass is 801 g/mol. The van der Waals surface area contributed by atoms with Gasteiger partial charge >= 0.3 is 0 Å². The minimum Gasteiger partial charge on any atom is -0.310 e. The zero-order chi connectivity index (χ0) is 41.9. The summed E-state index contributed by atoms with van der Waals surface area (Å²) in [7, 11) is 0. The van der Waals surface area contributed by atoms with Gasteiger partial charge in [0.25, 0.3) is 0 Å². The van der Waals surface area contributed by atoms with Crippen LogP contribution in [0.1, 0.15) is 47.2 Å². The summed E-state index contributed by atoms with van der Waals surface area (Å²) in [5.74, 6) is 0. The first kappa shape index (κ1) is 36.0. The molecule has 13 rings (SSSR count). The van der Waals surface area contributed by atoms with Crippen LogP contribution in [0.5, 0.6) is 0 Å². The number of rotatable bonds is 6. The topological polar surface area (TPSA) is 3.24 Å². The van der Waals surface area contributed by atoms with Crippen molar-refractivity contribution in [2.24, 2.45) is 0 Å². The van der Waals surface area contributed by atoms with Gasteiger partial charge in [0.2, 0.25) is 0 Å². The maximum Gasteiger partial charge on any atom is 0.0726 e. The number of anilines is 3. The van der Waals surface area contributed by atoms with Crippen molar-refractivity contribution >= 4 is 27.8 Å². The molecule has 10 aromatic carbocycles. The molecule has 63 heavy (non-hydrogen) atoms. The van der Waals surface area contributed by atoms with E-state index in [9.17, 15) is 0 Å². The highest BCUT2D eigenvalue weighted by Gasteiger charge is 2.53. The lowest BCUT2D eigenvalue weighted by molar-refractivity contribution is 0.660. The molecule has 0 heterocycles. The van der Waals surface area contributed by atoms with Crippen molar-refractivity contribution < 1.29 is 0 Å². The standard InChI is InChI=1S/C62H43N/c1-61(2)54-24-8-6-22-50(54)52-34-30-46(38-58(52)61)45-20-11-21-48(37-45)63(47-31-28-41(29-32-47)44-19-10-18-43(36-44)40-14-4-3-5-15-40)49-33-35-53-51-23-7-9-25-55(51)62(59(53)39-49)56-26-12-16-42-17-13-27-57(62)60(42)56/h3-39H,1-2H3. The third-order valence-corrected chi connectivity index (χ3v) is 14.4. The summed E-state index contributed by atoms with van der Waals surface area (Å²) in [6, 6.07) is 83.8. The molecule has 3 aliphatic rings. The summed E-state index contributed by atoms with van der Waals surface area (Å²) in [6.45, 7) is 4.72. The SMILES string of the molecule is CC1(C)c2ccccc2-c2ccc(-c3cccc(N(c4ccc(-c5cccc(-c6ccccc6)c5)cc4)c4ccc5c(c4)C4(c6ccccc6-5)c5cccc6cccc4c56)c3)cc21. The van der Waals surface area contributed by atoms with Gasteiger partial charge < -0.3 is 4.90 Å². The molecule has 0 atom stereocenters. The number of benzene rings is 10. The van der Waals surface area contributed by atoms with E-state index >= 15 is 0 Å². The average molecular weight is 802 g/mol. The molecule has 0 amide bonds. The van der Waals surface area contributed by atoms with Crippen LogP contribution in [-0.4, -0.2) is 0 Å². The lowest BCUT2D eigenvalue weighted by Crippen LogP contribution is -2.36. The van der Waals surface area contributed by atoms with E-state index in [4.69, 9.17) is 0 Å². The molecule has 1 heteroatoms. The Morgan fingerprint density at radius 3 is 1.51 bits per heavy atom. The molecule has 0 aliphatic heterocycles. The summed E-state index contributed by atoms with van der Waals surface area (Å²) in [6.07, 6.45) is 0. The van der Waals surface area contributed by atoms with Crippen molar-refractivity contribution in [3.63, 3.8) is 0 Å². The van der Waals surface area contributed by atoms with E-state index in [2.05, 4.69) is 243 Å². The second kappa shape index (κ2) is 13.4. The highest BCUT2D eigenvalue weighted by molar-refractivity contribution is 6.05.